The van der Waals surface area contributed by atoms with E-state index >= 15 is 0 Å². The van der Waals surface area contributed by atoms with Crippen LogP contribution in [0.5, 0.6) is 0 Å². The summed E-state index contributed by atoms with van der Waals surface area (Å²) in [6, 6.07) is 2.06. The molecule has 6 heteroatoms. The Labute approximate surface area is 195 Å². The summed E-state index contributed by atoms with van der Waals surface area (Å²) in [6.07, 6.45) is 5.58. The number of hydrogen-bond acceptors (Lipinski definition) is 4. The van der Waals surface area contributed by atoms with Gasteiger partial charge in [0.15, 0.2) is 0 Å². The molecule has 4 nitrogen and oxygen atoms in total. The van der Waals surface area contributed by atoms with Gasteiger partial charge in [-0.3, -0.25) is 9.59 Å². The quantitative estimate of drug-likeness (QED) is 0.212. The Morgan fingerprint density at radius 1 is 0.581 bits per heavy atom. The second-order valence-corrected chi connectivity index (χ2v) is 20.4. The van der Waals surface area contributed by atoms with Gasteiger partial charge in [0, 0.05) is 12.8 Å². The molecule has 0 radical (unpaired) electrons. The molecule has 0 fully saturated rings. The summed E-state index contributed by atoms with van der Waals surface area (Å²) >= 11 is 0. The molecule has 0 heterocycles. The lowest BCUT2D eigenvalue weighted by Crippen LogP contribution is -2.46. The van der Waals surface area contributed by atoms with E-state index in [4.69, 9.17) is 8.85 Å². The molecular weight excluding hydrogens is 420 g/mol. The van der Waals surface area contributed by atoms with Gasteiger partial charge >= 0.3 is 0 Å². The molecule has 0 aliphatic rings. The molecule has 0 aliphatic carbocycles. The predicted octanol–water partition coefficient (Wildman–Crippen LogP) is 8.37. The zero-order valence-corrected chi connectivity index (χ0v) is 24.3. The standard InChI is InChI=1S/C25H52O4Si2/c1-11-13-18-30(20(3)4,21(5)6)28-24(26)16-15-17-25(27)29-31(22(7)8,23(9)10)19-14-12-2/h20-23H,11-19H2,1-10H3. The first-order chi connectivity index (χ1) is 14.4. The molecule has 0 rings (SSSR count). The van der Waals surface area contributed by atoms with E-state index in [1.165, 1.54) is 0 Å². The zero-order chi connectivity index (χ0) is 24.2. The van der Waals surface area contributed by atoms with Crippen molar-refractivity contribution in [3.05, 3.63) is 0 Å². The summed E-state index contributed by atoms with van der Waals surface area (Å²) in [4.78, 5) is 25.4. The fourth-order valence-corrected chi connectivity index (χ4v) is 13.9. The molecule has 0 atom stereocenters. The molecule has 0 unspecified atom stereocenters. The maximum atomic E-state index is 12.7. The smallest absolute Gasteiger partial charge is 0.292 e. The van der Waals surface area contributed by atoms with E-state index in [1.807, 2.05) is 0 Å². The van der Waals surface area contributed by atoms with Crippen molar-refractivity contribution < 1.29 is 18.4 Å². The van der Waals surface area contributed by atoms with E-state index in [1.54, 1.807) is 0 Å². The lowest BCUT2D eigenvalue weighted by Gasteiger charge is -2.38. The molecule has 0 bridgehead atoms. The van der Waals surface area contributed by atoms with Gasteiger partial charge in [-0.15, -0.1) is 0 Å². The highest BCUT2D eigenvalue weighted by Crippen LogP contribution is 2.40. The summed E-state index contributed by atoms with van der Waals surface area (Å²) in [5, 5.41) is 0. The molecular formula is C25H52O4Si2. The Balaban J connectivity index is 4.97. The van der Waals surface area contributed by atoms with Crippen molar-refractivity contribution in [2.24, 2.45) is 0 Å². The van der Waals surface area contributed by atoms with Crippen LogP contribution in [0.2, 0.25) is 34.3 Å². The van der Waals surface area contributed by atoms with Crippen LogP contribution in [-0.4, -0.2) is 28.6 Å². The minimum Gasteiger partial charge on any atom is -0.519 e. The fourth-order valence-electron chi connectivity index (χ4n) is 4.87. The van der Waals surface area contributed by atoms with Crippen LogP contribution < -0.4 is 0 Å². The van der Waals surface area contributed by atoms with Crippen LogP contribution in [0, 0.1) is 0 Å². The van der Waals surface area contributed by atoms with Gasteiger partial charge in [-0.25, -0.2) is 0 Å². The van der Waals surface area contributed by atoms with Crippen LogP contribution in [0.1, 0.15) is 114 Å². The molecule has 0 aliphatic heterocycles. The van der Waals surface area contributed by atoms with Gasteiger partial charge in [0.25, 0.3) is 28.6 Å². The Hall–Kier alpha value is -0.626. The second kappa shape index (κ2) is 14.5. The minimum absolute atomic E-state index is 0.125. The molecule has 0 saturated carbocycles. The van der Waals surface area contributed by atoms with Crippen molar-refractivity contribution in [2.45, 2.75) is 148 Å². The van der Waals surface area contributed by atoms with Crippen molar-refractivity contribution in [1.82, 2.24) is 0 Å². The molecule has 0 aromatic heterocycles. The predicted molar refractivity (Wildman–Crippen MR) is 137 cm³/mol. The van der Waals surface area contributed by atoms with Gasteiger partial charge in [0.05, 0.1) is 0 Å². The van der Waals surface area contributed by atoms with E-state index in [2.05, 4.69) is 69.2 Å². The first-order valence-corrected chi connectivity index (χ1v) is 17.4. The first kappa shape index (κ1) is 30.4. The Morgan fingerprint density at radius 2 is 0.871 bits per heavy atom. The average Bonchev–Trinajstić information content (AvgIpc) is 2.67. The minimum atomic E-state index is -2.15. The molecule has 0 amide bonds. The summed E-state index contributed by atoms with van der Waals surface area (Å²) in [5.41, 5.74) is 1.59. The van der Waals surface area contributed by atoms with Crippen molar-refractivity contribution in [2.75, 3.05) is 0 Å². The lowest BCUT2D eigenvalue weighted by atomic mass is 10.2. The lowest BCUT2D eigenvalue weighted by molar-refractivity contribution is -0.137. The monoisotopic (exact) mass is 472 g/mol. The Bertz CT molecular complexity index is 468. The third-order valence-electron chi connectivity index (χ3n) is 7.12. The summed E-state index contributed by atoms with van der Waals surface area (Å²) in [5.74, 6) is -0.250. The van der Waals surface area contributed by atoms with Crippen molar-refractivity contribution in [3.8, 4) is 0 Å². The van der Waals surface area contributed by atoms with E-state index in [-0.39, 0.29) is 11.9 Å². The molecule has 0 aromatic carbocycles. The molecule has 0 spiro atoms. The number of hydrogen-bond donors (Lipinski definition) is 0. The molecule has 184 valence electrons. The highest BCUT2D eigenvalue weighted by molar-refractivity contribution is 6.78. The highest BCUT2D eigenvalue weighted by atomic mass is 28.4. The highest BCUT2D eigenvalue weighted by Gasteiger charge is 2.45. The maximum Gasteiger partial charge on any atom is 0.292 e. The molecule has 31 heavy (non-hydrogen) atoms. The van der Waals surface area contributed by atoms with Crippen LogP contribution in [0.3, 0.4) is 0 Å². The van der Waals surface area contributed by atoms with Crippen molar-refractivity contribution in [1.29, 1.82) is 0 Å². The number of carbonyl (C=O) groups excluding carboxylic acids is 2. The molecule has 0 saturated heterocycles. The topological polar surface area (TPSA) is 52.6 Å². The SMILES string of the molecule is CCCC[Si](OC(=O)CCCC(=O)O[Si](CCCC)(C(C)C)C(C)C)(C(C)C)C(C)C. The number of unbranched alkanes of at least 4 members (excludes halogenated alkanes) is 2. The van der Waals surface area contributed by atoms with Crippen LogP contribution in [-0.2, 0) is 18.4 Å². The van der Waals surface area contributed by atoms with E-state index < -0.39 is 16.6 Å². The van der Waals surface area contributed by atoms with Crippen LogP contribution in [0.15, 0.2) is 0 Å². The van der Waals surface area contributed by atoms with Crippen LogP contribution in [0.25, 0.3) is 0 Å². The van der Waals surface area contributed by atoms with Gasteiger partial charge in [-0.1, -0.05) is 94.9 Å². The maximum absolute atomic E-state index is 12.7. The normalized spacial score (nSPS) is 12.8. The number of carbonyl (C=O) groups is 2. The zero-order valence-electron chi connectivity index (χ0n) is 22.3. The van der Waals surface area contributed by atoms with Crippen molar-refractivity contribution in [3.63, 3.8) is 0 Å². The van der Waals surface area contributed by atoms with E-state index in [9.17, 15) is 9.59 Å². The Morgan fingerprint density at radius 3 is 1.10 bits per heavy atom. The van der Waals surface area contributed by atoms with Crippen LogP contribution >= 0.6 is 0 Å². The van der Waals surface area contributed by atoms with E-state index in [0.717, 1.165) is 37.8 Å². The fraction of sp³-hybridized carbons (Fsp3) is 0.920. The molecule has 0 N–H and O–H groups in total. The van der Waals surface area contributed by atoms with Gasteiger partial charge in [-0.2, -0.15) is 0 Å². The van der Waals surface area contributed by atoms with Crippen molar-refractivity contribution >= 4 is 28.6 Å². The largest absolute Gasteiger partial charge is 0.519 e. The average molecular weight is 473 g/mol. The summed E-state index contributed by atoms with van der Waals surface area (Å²) < 4.78 is 12.5. The Kier molecular flexibility index (Phi) is 14.2. The van der Waals surface area contributed by atoms with E-state index in [0.29, 0.717) is 41.4 Å². The van der Waals surface area contributed by atoms with Gasteiger partial charge < -0.3 is 8.85 Å². The second-order valence-electron chi connectivity index (χ2n) is 10.5. The third-order valence-corrected chi connectivity index (χ3v) is 18.4. The van der Waals surface area contributed by atoms with Crippen LogP contribution in [0.4, 0.5) is 0 Å². The summed E-state index contributed by atoms with van der Waals surface area (Å²) in [6.45, 7) is 22.0. The first-order valence-electron chi connectivity index (χ1n) is 12.8. The number of rotatable bonds is 16. The third kappa shape index (κ3) is 9.03. The summed E-state index contributed by atoms with van der Waals surface area (Å²) in [7, 11) is -4.31. The van der Waals surface area contributed by atoms with Gasteiger partial charge in [-0.05, 0) is 40.7 Å². The van der Waals surface area contributed by atoms with Gasteiger partial charge in [0.1, 0.15) is 0 Å². The molecule has 0 aromatic rings. The van der Waals surface area contributed by atoms with Gasteiger partial charge in [0.2, 0.25) is 0 Å².